The topological polar surface area (TPSA) is 76.9 Å². The molecule has 2 aromatic heterocycles. The van der Waals surface area contributed by atoms with Crippen molar-refractivity contribution in [1.82, 2.24) is 14.8 Å². The highest BCUT2D eigenvalue weighted by molar-refractivity contribution is 9.10. The molecule has 17 heavy (non-hydrogen) atoms. The van der Waals surface area contributed by atoms with Crippen LogP contribution in [0.1, 0.15) is 0 Å². The maximum atomic E-state index is 12.0. The maximum Gasteiger partial charge on any atom is 0.263 e. The fourth-order valence-electron chi connectivity index (χ4n) is 1.23. The summed E-state index contributed by atoms with van der Waals surface area (Å²) in [6.07, 6.45) is 5.80. The monoisotopic (exact) mass is 316 g/mol. The number of nitrogens with one attached hydrogen (secondary N) is 1. The van der Waals surface area contributed by atoms with Crippen LogP contribution in [0.15, 0.2) is 40.2 Å². The second-order valence-corrected chi connectivity index (χ2v) is 5.95. The lowest BCUT2D eigenvalue weighted by molar-refractivity contribution is 0.600. The van der Waals surface area contributed by atoms with Crippen molar-refractivity contribution < 1.29 is 8.42 Å². The van der Waals surface area contributed by atoms with Gasteiger partial charge in [-0.1, -0.05) is 0 Å². The van der Waals surface area contributed by atoms with Crippen LogP contribution in [-0.2, 0) is 17.1 Å². The van der Waals surface area contributed by atoms with E-state index in [0.717, 1.165) is 0 Å². The summed E-state index contributed by atoms with van der Waals surface area (Å²) in [6.45, 7) is 0. The Kier molecular flexibility index (Phi) is 3.16. The Morgan fingerprint density at radius 2 is 2.12 bits per heavy atom. The van der Waals surface area contributed by atoms with Gasteiger partial charge in [0.25, 0.3) is 10.0 Å². The number of rotatable bonds is 3. The zero-order valence-electron chi connectivity index (χ0n) is 8.83. The predicted octanol–water partition coefficient (Wildman–Crippen LogP) is 1.38. The highest BCUT2D eigenvalue weighted by Gasteiger charge is 2.15. The third kappa shape index (κ3) is 2.83. The molecule has 0 aliphatic rings. The second kappa shape index (κ2) is 4.46. The number of anilines is 1. The number of nitrogens with zero attached hydrogens (tertiary/aromatic N) is 3. The number of sulfonamides is 1. The van der Waals surface area contributed by atoms with Gasteiger partial charge in [0, 0.05) is 30.1 Å². The molecule has 2 heterocycles. The van der Waals surface area contributed by atoms with E-state index in [2.05, 4.69) is 30.7 Å². The fourth-order valence-corrected chi connectivity index (χ4v) is 2.76. The highest BCUT2D eigenvalue weighted by Crippen LogP contribution is 2.17. The van der Waals surface area contributed by atoms with Gasteiger partial charge in [-0.25, -0.2) is 8.42 Å². The van der Waals surface area contributed by atoms with Crippen molar-refractivity contribution in [3.63, 3.8) is 0 Å². The minimum absolute atomic E-state index is 0.0933. The molecule has 0 fully saturated rings. The minimum atomic E-state index is -3.62. The number of hydrogen-bond donors (Lipinski definition) is 1. The van der Waals surface area contributed by atoms with Gasteiger partial charge in [-0.15, -0.1) is 0 Å². The molecule has 0 unspecified atom stereocenters. The van der Waals surface area contributed by atoms with Gasteiger partial charge in [-0.05, 0) is 22.0 Å². The summed E-state index contributed by atoms with van der Waals surface area (Å²) in [5, 5.41) is 3.88. The number of hydrogen-bond acceptors (Lipinski definition) is 4. The zero-order chi connectivity index (χ0) is 12.5. The molecule has 0 aliphatic carbocycles. The average Bonchev–Trinajstić information content (AvgIpc) is 2.63. The van der Waals surface area contributed by atoms with Crippen LogP contribution in [0.3, 0.4) is 0 Å². The van der Waals surface area contributed by atoms with Crippen molar-refractivity contribution in [2.75, 3.05) is 4.72 Å². The summed E-state index contributed by atoms with van der Waals surface area (Å²) in [5.41, 5.74) is 0.410. The first kappa shape index (κ1) is 12.1. The molecular formula is C9H9BrN4O2S. The van der Waals surface area contributed by atoms with Gasteiger partial charge in [0.05, 0.1) is 11.9 Å². The summed E-state index contributed by atoms with van der Waals surface area (Å²) in [7, 11) is -1.91. The lowest BCUT2D eigenvalue weighted by atomic mass is 10.5. The Morgan fingerprint density at radius 3 is 2.71 bits per heavy atom. The van der Waals surface area contributed by atoms with Gasteiger partial charge in [0.15, 0.2) is 0 Å². The molecule has 0 saturated carbocycles. The van der Waals surface area contributed by atoms with E-state index >= 15 is 0 Å². The lowest BCUT2D eigenvalue weighted by Crippen LogP contribution is -2.12. The molecule has 2 rings (SSSR count). The van der Waals surface area contributed by atoms with Gasteiger partial charge >= 0.3 is 0 Å². The maximum absolute atomic E-state index is 12.0. The molecule has 0 amide bonds. The summed E-state index contributed by atoms with van der Waals surface area (Å²) >= 11 is 3.17. The van der Waals surface area contributed by atoms with Crippen molar-refractivity contribution in [2.45, 2.75) is 4.90 Å². The molecule has 0 bridgehead atoms. The number of aryl methyl sites for hydroxylation is 1. The molecule has 0 radical (unpaired) electrons. The number of aromatic nitrogens is 3. The molecule has 0 spiro atoms. The largest absolute Gasteiger partial charge is 0.276 e. The SMILES string of the molecule is Cn1cc(NS(=O)(=O)c2cncc(Br)c2)cn1. The van der Waals surface area contributed by atoms with E-state index in [1.165, 1.54) is 29.3 Å². The molecule has 0 aliphatic heterocycles. The Labute approximate surface area is 107 Å². The average molecular weight is 317 g/mol. The highest BCUT2D eigenvalue weighted by atomic mass is 79.9. The van der Waals surface area contributed by atoms with Gasteiger partial charge in [-0.2, -0.15) is 5.10 Å². The van der Waals surface area contributed by atoms with Gasteiger partial charge in [0.2, 0.25) is 0 Å². The van der Waals surface area contributed by atoms with Crippen molar-refractivity contribution in [3.8, 4) is 0 Å². The second-order valence-electron chi connectivity index (χ2n) is 3.35. The van der Waals surface area contributed by atoms with Crippen molar-refractivity contribution >= 4 is 31.6 Å². The first-order valence-electron chi connectivity index (χ1n) is 4.59. The van der Waals surface area contributed by atoms with Gasteiger partial charge in [-0.3, -0.25) is 14.4 Å². The first-order chi connectivity index (χ1) is 7.97. The van der Waals surface area contributed by atoms with Crippen LogP contribution in [0.4, 0.5) is 5.69 Å². The van der Waals surface area contributed by atoms with E-state index in [-0.39, 0.29) is 4.90 Å². The van der Waals surface area contributed by atoms with Crippen LogP contribution < -0.4 is 4.72 Å². The lowest BCUT2D eigenvalue weighted by Gasteiger charge is -2.05. The Bertz CT molecular complexity index is 638. The van der Waals surface area contributed by atoms with Crippen LogP contribution >= 0.6 is 15.9 Å². The van der Waals surface area contributed by atoms with Gasteiger partial charge < -0.3 is 0 Å². The van der Waals surface area contributed by atoms with Crippen molar-refractivity contribution in [2.24, 2.45) is 7.05 Å². The van der Waals surface area contributed by atoms with E-state index in [1.807, 2.05) is 0 Å². The van der Waals surface area contributed by atoms with Crippen molar-refractivity contribution in [3.05, 3.63) is 35.3 Å². The smallest absolute Gasteiger partial charge is 0.263 e. The molecule has 90 valence electrons. The molecule has 6 nitrogen and oxygen atoms in total. The van der Waals surface area contributed by atoms with Crippen LogP contribution in [-0.4, -0.2) is 23.2 Å². The van der Waals surface area contributed by atoms with Crippen molar-refractivity contribution in [1.29, 1.82) is 0 Å². The van der Waals surface area contributed by atoms with E-state index in [4.69, 9.17) is 0 Å². The summed E-state index contributed by atoms with van der Waals surface area (Å²) in [4.78, 5) is 3.90. The van der Waals surface area contributed by atoms with Crippen LogP contribution in [0.25, 0.3) is 0 Å². The zero-order valence-corrected chi connectivity index (χ0v) is 11.2. The molecule has 0 saturated heterocycles. The molecule has 1 N–H and O–H groups in total. The minimum Gasteiger partial charge on any atom is -0.276 e. The van der Waals surface area contributed by atoms with Crippen LogP contribution in [0.2, 0.25) is 0 Å². The summed E-state index contributed by atoms with van der Waals surface area (Å²) < 4.78 is 28.4. The Hall–Kier alpha value is -1.41. The van der Waals surface area contributed by atoms with Crippen LogP contribution in [0, 0.1) is 0 Å². The molecule has 8 heteroatoms. The van der Waals surface area contributed by atoms with E-state index < -0.39 is 10.0 Å². The number of pyridine rings is 1. The van der Waals surface area contributed by atoms with Crippen LogP contribution in [0.5, 0.6) is 0 Å². The first-order valence-corrected chi connectivity index (χ1v) is 6.87. The Balaban J connectivity index is 2.31. The predicted molar refractivity (Wildman–Crippen MR) is 66.0 cm³/mol. The molecule has 2 aromatic rings. The third-order valence-corrected chi connectivity index (χ3v) is 3.73. The summed E-state index contributed by atoms with van der Waals surface area (Å²) in [6, 6.07) is 1.48. The van der Waals surface area contributed by atoms with E-state index in [0.29, 0.717) is 10.2 Å². The number of halogens is 1. The standard InChI is InChI=1S/C9H9BrN4O2S/c1-14-6-8(4-12-14)13-17(15,16)9-2-7(10)3-11-5-9/h2-6,13H,1H3. The van der Waals surface area contributed by atoms with E-state index in [9.17, 15) is 8.42 Å². The molecule has 0 atom stereocenters. The quantitative estimate of drug-likeness (QED) is 0.928. The normalized spacial score (nSPS) is 11.4. The third-order valence-electron chi connectivity index (χ3n) is 1.95. The molecular weight excluding hydrogens is 308 g/mol. The Morgan fingerprint density at radius 1 is 1.35 bits per heavy atom. The van der Waals surface area contributed by atoms with E-state index in [1.54, 1.807) is 13.2 Å². The summed E-state index contributed by atoms with van der Waals surface area (Å²) in [5.74, 6) is 0. The fraction of sp³-hybridized carbons (Fsp3) is 0.111. The van der Waals surface area contributed by atoms with Gasteiger partial charge in [0.1, 0.15) is 4.90 Å². The molecule has 0 aromatic carbocycles.